The van der Waals surface area contributed by atoms with Crippen LogP contribution in [0.3, 0.4) is 0 Å². The van der Waals surface area contributed by atoms with Gasteiger partial charge in [0, 0.05) is 32.3 Å². The van der Waals surface area contributed by atoms with Gasteiger partial charge in [-0.25, -0.2) is 0 Å². The number of aromatic amines is 1. The fraction of sp³-hybridized carbons (Fsp3) is 0.636. The molecule has 1 fully saturated rings. The van der Waals surface area contributed by atoms with Crippen LogP contribution in [0.15, 0.2) is 12.4 Å². The number of aromatic nitrogens is 2. The van der Waals surface area contributed by atoms with Crippen LogP contribution in [0.2, 0.25) is 0 Å². The molecule has 0 spiro atoms. The Bertz CT molecular complexity index is 337. The van der Waals surface area contributed by atoms with Crippen molar-refractivity contribution < 1.29 is 4.79 Å². The van der Waals surface area contributed by atoms with Gasteiger partial charge in [0.1, 0.15) is 0 Å². The van der Waals surface area contributed by atoms with E-state index in [0.717, 1.165) is 25.9 Å². The molecule has 1 aliphatic rings. The van der Waals surface area contributed by atoms with Crippen LogP contribution in [-0.4, -0.2) is 40.6 Å². The van der Waals surface area contributed by atoms with Gasteiger partial charge in [-0.1, -0.05) is 0 Å². The first kappa shape index (κ1) is 17.2. The second kappa shape index (κ2) is 8.34. The van der Waals surface area contributed by atoms with Crippen LogP contribution < -0.4 is 5.73 Å². The van der Waals surface area contributed by atoms with Gasteiger partial charge >= 0.3 is 0 Å². The summed E-state index contributed by atoms with van der Waals surface area (Å²) in [5.41, 5.74) is 6.64. The fourth-order valence-electron chi connectivity index (χ4n) is 2.23. The highest BCUT2D eigenvalue weighted by Crippen LogP contribution is 2.27. The molecule has 1 saturated heterocycles. The summed E-state index contributed by atoms with van der Waals surface area (Å²) in [6.45, 7) is 2.13. The lowest BCUT2D eigenvalue weighted by atomic mass is 9.91. The second-order valence-corrected chi connectivity index (χ2v) is 4.23. The number of hydrogen-bond acceptors (Lipinski definition) is 3. The van der Waals surface area contributed by atoms with Crippen molar-refractivity contribution in [2.24, 2.45) is 5.73 Å². The Morgan fingerprint density at radius 3 is 2.61 bits per heavy atom. The Labute approximate surface area is 119 Å². The second-order valence-electron chi connectivity index (χ2n) is 4.23. The molecule has 1 aromatic rings. The first-order valence-corrected chi connectivity index (χ1v) is 5.77. The lowest BCUT2D eigenvalue weighted by molar-refractivity contribution is -0.132. The minimum Gasteiger partial charge on any atom is -0.343 e. The summed E-state index contributed by atoms with van der Waals surface area (Å²) in [6.07, 6.45) is 6.34. The van der Waals surface area contributed by atoms with E-state index in [1.54, 1.807) is 0 Å². The molecular weight excluding hydrogens is 275 g/mol. The van der Waals surface area contributed by atoms with E-state index in [1.807, 2.05) is 17.3 Å². The average Bonchev–Trinajstić information content (AvgIpc) is 2.83. The topological polar surface area (TPSA) is 75.0 Å². The number of carbonyl (C=O) groups excluding carboxylic acids is 1. The van der Waals surface area contributed by atoms with Gasteiger partial charge in [-0.2, -0.15) is 5.10 Å². The molecule has 1 amide bonds. The maximum atomic E-state index is 11.6. The molecule has 2 heterocycles. The number of H-pyrrole nitrogens is 1. The maximum absolute atomic E-state index is 11.6. The summed E-state index contributed by atoms with van der Waals surface area (Å²) in [5, 5.41) is 6.79. The van der Waals surface area contributed by atoms with E-state index < -0.39 is 0 Å². The lowest BCUT2D eigenvalue weighted by Crippen LogP contribution is -2.38. The molecule has 0 aromatic carbocycles. The molecule has 1 aliphatic heterocycles. The van der Waals surface area contributed by atoms with Crippen molar-refractivity contribution in [3.63, 3.8) is 0 Å². The van der Waals surface area contributed by atoms with Crippen molar-refractivity contribution in [2.75, 3.05) is 19.6 Å². The molecule has 18 heavy (non-hydrogen) atoms. The predicted octanol–water partition coefficient (Wildman–Crippen LogP) is 1.31. The van der Waals surface area contributed by atoms with Gasteiger partial charge in [0.15, 0.2) is 0 Å². The molecule has 2 rings (SSSR count). The third-order valence-electron chi connectivity index (χ3n) is 3.20. The van der Waals surface area contributed by atoms with Crippen LogP contribution in [0.4, 0.5) is 0 Å². The first-order valence-electron chi connectivity index (χ1n) is 5.77. The molecule has 0 radical (unpaired) electrons. The van der Waals surface area contributed by atoms with Crippen LogP contribution in [0.5, 0.6) is 0 Å². The number of halogens is 2. The molecule has 0 saturated carbocycles. The van der Waals surface area contributed by atoms with Gasteiger partial charge in [0.2, 0.25) is 5.91 Å². The normalized spacial score (nSPS) is 15.7. The van der Waals surface area contributed by atoms with Crippen molar-refractivity contribution in [3.8, 4) is 0 Å². The zero-order valence-electron chi connectivity index (χ0n) is 10.2. The molecule has 1 aromatic heterocycles. The molecule has 0 atom stereocenters. The van der Waals surface area contributed by atoms with Gasteiger partial charge in [0.25, 0.3) is 0 Å². The van der Waals surface area contributed by atoms with E-state index in [9.17, 15) is 4.79 Å². The van der Waals surface area contributed by atoms with Crippen molar-refractivity contribution in [2.45, 2.75) is 25.2 Å². The summed E-state index contributed by atoms with van der Waals surface area (Å²) in [6, 6.07) is 0. The molecular formula is C11H20Cl2N4O. The quantitative estimate of drug-likeness (QED) is 0.883. The largest absolute Gasteiger partial charge is 0.343 e. The smallest absolute Gasteiger partial charge is 0.223 e. The Balaban J connectivity index is 0.00000144. The third-order valence-corrected chi connectivity index (χ3v) is 3.20. The minimum atomic E-state index is 0. The summed E-state index contributed by atoms with van der Waals surface area (Å²) >= 11 is 0. The van der Waals surface area contributed by atoms with E-state index in [1.165, 1.54) is 5.56 Å². The van der Waals surface area contributed by atoms with Crippen LogP contribution in [-0.2, 0) is 4.79 Å². The van der Waals surface area contributed by atoms with Crippen molar-refractivity contribution >= 4 is 30.7 Å². The number of carbonyl (C=O) groups is 1. The Morgan fingerprint density at radius 1 is 1.44 bits per heavy atom. The van der Waals surface area contributed by atoms with E-state index in [2.05, 4.69) is 10.2 Å². The van der Waals surface area contributed by atoms with E-state index in [4.69, 9.17) is 5.73 Å². The average molecular weight is 295 g/mol. The predicted molar refractivity (Wildman–Crippen MR) is 75.3 cm³/mol. The number of rotatable bonds is 3. The van der Waals surface area contributed by atoms with Gasteiger partial charge in [-0.05, 0) is 24.3 Å². The number of piperidine rings is 1. The van der Waals surface area contributed by atoms with Crippen LogP contribution in [0, 0.1) is 0 Å². The molecule has 5 nitrogen and oxygen atoms in total. The summed E-state index contributed by atoms with van der Waals surface area (Å²) < 4.78 is 0. The maximum Gasteiger partial charge on any atom is 0.223 e. The summed E-state index contributed by atoms with van der Waals surface area (Å²) in [4.78, 5) is 13.5. The van der Waals surface area contributed by atoms with Crippen LogP contribution in [0.25, 0.3) is 0 Å². The molecule has 0 unspecified atom stereocenters. The first-order chi connectivity index (χ1) is 7.81. The Hall–Kier alpha value is -0.780. The highest BCUT2D eigenvalue weighted by Gasteiger charge is 2.23. The standard InChI is InChI=1S/C11H18N4O.2ClH/c12-4-1-11(16)15-5-2-9(3-6-15)10-7-13-14-8-10;;/h7-9H,1-6,12H2,(H,13,14);2*1H. The highest BCUT2D eigenvalue weighted by molar-refractivity contribution is 5.85. The molecule has 0 aliphatic carbocycles. The lowest BCUT2D eigenvalue weighted by Gasteiger charge is -2.31. The Morgan fingerprint density at radius 2 is 2.11 bits per heavy atom. The van der Waals surface area contributed by atoms with Gasteiger partial charge in [0.05, 0.1) is 6.20 Å². The van der Waals surface area contributed by atoms with Crippen LogP contribution in [0.1, 0.15) is 30.7 Å². The van der Waals surface area contributed by atoms with Crippen molar-refractivity contribution in [1.29, 1.82) is 0 Å². The van der Waals surface area contributed by atoms with E-state index >= 15 is 0 Å². The molecule has 7 heteroatoms. The number of nitrogens with one attached hydrogen (secondary N) is 1. The zero-order chi connectivity index (χ0) is 11.4. The van der Waals surface area contributed by atoms with E-state index in [-0.39, 0.29) is 30.7 Å². The number of amides is 1. The molecule has 3 N–H and O–H groups in total. The van der Waals surface area contributed by atoms with Gasteiger partial charge in [-0.15, -0.1) is 24.8 Å². The fourth-order valence-corrected chi connectivity index (χ4v) is 2.23. The SMILES string of the molecule is Cl.Cl.NCCC(=O)N1CCC(c2cn[nH]c2)CC1. The number of likely N-dealkylation sites (tertiary alicyclic amines) is 1. The van der Waals surface area contributed by atoms with Crippen LogP contribution >= 0.6 is 24.8 Å². The minimum absolute atomic E-state index is 0. The number of nitrogens with zero attached hydrogens (tertiary/aromatic N) is 2. The van der Waals surface area contributed by atoms with Gasteiger partial charge in [-0.3, -0.25) is 9.89 Å². The molecule has 0 bridgehead atoms. The summed E-state index contributed by atoms with van der Waals surface area (Å²) in [5.74, 6) is 0.730. The Kier molecular flexibility index (Phi) is 7.98. The number of nitrogens with two attached hydrogens (primary N) is 1. The zero-order valence-corrected chi connectivity index (χ0v) is 11.8. The van der Waals surface area contributed by atoms with E-state index in [0.29, 0.717) is 18.9 Å². The molecule has 104 valence electrons. The van der Waals surface area contributed by atoms with Crippen molar-refractivity contribution in [3.05, 3.63) is 18.0 Å². The number of hydrogen-bond donors (Lipinski definition) is 2. The monoisotopic (exact) mass is 294 g/mol. The summed E-state index contributed by atoms with van der Waals surface area (Å²) in [7, 11) is 0. The highest BCUT2D eigenvalue weighted by atomic mass is 35.5. The third kappa shape index (κ3) is 4.15. The van der Waals surface area contributed by atoms with Crippen molar-refractivity contribution in [1.82, 2.24) is 15.1 Å². The van der Waals surface area contributed by atoms with Gasteiger partial charge < -0.3 is 10.6 Å².